The van der Waals surface area contributed by atoms with E-state index in [1.165, 1.54) is 0 Å². The van der Waals surface area contributed by atoms with Gasteiger partial charge in [-0.15, -0.1) is 0 Å². The Balaban J connectivity index is 2.41. The summed E-state index contributed by atoms with van der Waals surface area (Å²) in [5, 5.41) is 0. The van der Waals surface area contributed by atoms with E-state index in [1.54, 1.807) is 12.1 Å². The number of alkyl halides is 3. The van der Waals surface area contributed by atoms with E-state index in [-0.39, 0.29) is 13.0 Å². The first kappa shape index (κ1) is 13.8. The van der Waals surface area contributed by atoms with Gasteiger partial charge in [-0.25, -0.2) is 0 Å². The smallest absolute Gasteiger partial charge is 0.389 e. The minimum Gasteiger partial charge on any atom is -0.493 e. The summed E-state index contributed by atoms with van der Waals surface area (Å²) in [6, 6.07) is 7.26. The second-order valence-electron chi connectivity index (χ2n) is 3.71. The maximum absolute atomic E-state index is 11.9. The number of ether oxygens (including phenoxy) is 1. The quantitative estimate of drug-likeness (QED) is 0.784. The Labute approximate surface area is 98.6 Å². The molecule has 0 spiro atoms. The Morgan fingerprint density at radius 2 is 1.88 bits per heavy atom. The Hall–Kier alpha value is -1.23. The minimum atomic E-state index is -4.11. The molecule has 0 saturated heterocycles. The zero-order valence-corrected chi connectivity index (χ0v) is 9.46. The van der Waals surface area contributed by atoms with Gasteiger partial charge < -0.3 is 10.5 Å². The van der Waals surface area contributed by atoms with Gasteiger partial charge in [0.25, 0.3) is 0 Å². The van der Waals surface area contributed by atoms with E-state index < -0.39 is 12.6 Å². The Morgan fingerprint density at radius 3 is 2.53 bits per heavy atom. The van der Waals surface area contributed by atoms with Crippen molar-refractivity contribution in [3.8, 4) is 5.75 Å². The molecule has 2 nitrogen and oxygen atoms in total. The first-order valence-electron chi connectivity index (χ1n) is 5.50. The predicted octanol–water partition coefficient (Wildman–Crippen LogP) is 2.91. The summed E-state index contributed by atoms with van der Waals surface area (Å²) in [5.41, 5.74) is 6.37. The van der Waals surface area contributed by atoms with E-state index in [4.69, 9.17) is 10.5 Å². The van der Waals surface area contributed by atoms with Gasteiger partial charge in [0.2, 0.25) is 0 Å². The number of benzene rings is 1. The van der Waals surface area contributed by atoms with Crippen LogP contribution in [0.5, 0.6) is 5.75 Å². The summed E-state index contributed by atoms with van der Waals surface area (Å²) in [6.07, 6.45) is -4.29. The van der Waals surface area contributed by atoms with Crippen LogP contribution in [-0.2, 0) is 6.42 Å². The third kappa shape index (κ3) is 5.58. The first-order valence-corrected chi connectivity index (χ1v) is 5.50. The first-order chi connectivity index (χ1) is 8.03. The van der Waals surface area contributed by atoms with Crippen LogP contribution >= 0.6 is 0 Å². The summed E-state index contributed by atoms with van der Waals surface area (Å²) >= 11 is 0. The highest BCUT2D eigenvalue weighted by atomic mass is 19.4. The second-order valence-corrected chi connectivity index (χ2v) is 3.71. The molecule has 1 rings (SSSR count). The molecule has 0 atom stereocenters. The molecule has 0 aromatic heterocycles. The monoisotopic (exact) mass is 247 g/mol. The molecule has 1 aromatic rings. The lowest BCUT2D eigenvalue weighted by Crippen LogP contribution is -2.10. The molecule has 0 aliphatic heterocycles. The van der Waals surface area contributed by atoms with Crippen LogP contribution in [-0.4, -0.2) is 19.3 Å². The van der Waals surface area contributed by atoms with Crippen LogP contribution in [0.3, 0.4) is 0 Å². The lowest BCUT2D eigenvalue weighted by Gasteiger charge is -2.11. The van der Waals surface area contributed by atoms with Gasteiger partial charge in [-0.3, -0.25) is 0 Å². The number of rotatable bonds is 6. The van der Waals surface area contributed by atoms with E-state index in [0.29, 0.717) is 18.7 Å². The fourth-order valence-electron chi connectivity index (χ4n) is 1.46. The fourth-order valence-corrected chi connectivity index (χ4v) is 1.46. The maximum Gasteiger partial charge on any atom is 0.389 e. The van der Waals surface area contributed by atoms with Crippen molar-refractivity contribution in [1.82, 2.24) is 0 Å². The van der Waals surface area contributed by atoms with Crippen molar-refractivity contribution in [3.05, 3.63) is 29.8 Å². The zero-order chi connectivity index (χ0) is 12.7. The van der Waals surface area contributed by atoms with Crippen LogP contribution in [0.4, 0.5) is 13.2 Å². The van der Waals surface area contributed by atoms with Gasteiger partial charge in [-0.1, -0.05) is 18.2 Å². The number of hydrogen-bond acceptors (Lipinski definition) is 2. The Bertz CT molecular complexity index is 339. The van der Waals surface area contributed by atoms with Gasteiger partial charge in [0.15, 0.2) is 0 Å². The molecular weight excluding hydrogens is 231 g/mol. The molecule has 1 aromatic carbocycles. The highest BCUT2D eigenvalue weighted by Gasteiger charge is 2.26. The second kappa shape index (κ2) is 6.49. The summed E-state index contributed by atoms with van der Waals surface area (Å²) in [7, 11) is 0. The molecular formula is C12H16F3NO. The number of para-hydroxylation sites is 1. The molecule has 0 radical (unpaired) electrons. The summed E-state index contributed by atoms with van der Waals surface area (Å²) < 4.78 is 41.1. The molecule has 0 bridgehead atoms. The topological polar surface area (TPSA) is 35.2 Å². The summed E-state index contributed by atoms with van der Waals surface area (Å²) in [6.45, 7) is 0.560. The minimum absolute atomic E-state index is 0.0273. The van der Waals surface area contributed by atoms with Gasteiger partial charge in [0, 0.05) is 6.42 Å². The normalized spacial score (nSPS) is 11.5. The van der Waals surface area contributed by atoms with Gasteiger partial charge in [0.1, 0.15) is 5.75 Å². The molecule has 17 heavy (non-hydrogen) atoms. The lowest BCUT2D eigenvalue weighted by molar-refractivity contribution is -0.136. The standard InChI is InChI=1S/C12H16F3NO/c13-12(14,15)7-3-9-17-11-5-2-1-4-10(11)6-8-16/h1-2,4-5H,3,6-9,16H2. The molecule has 0 saturated carbocycles. The van der Waals surface area contributed by atoms with Crippen molar-refractivity contribution in [2.75, 3.05) is 13.2 Å². The molecule has 0 heterocycles. The van der Waals surface area contributed by atoms with Crippen molar-refractivity contribution < 1.29 is 17.9 Å². The zero-order valence-electron chi connectivity index (χ0n) is 9.46. The van der Waals surface area contributed by atoms with Crippen LogP contribution in [0.1, 0.15) is 18.4 Å². The van der Waals surface area contributed by atoms with Crippen LogP contribution in [0.2, 0.25) is 0 Å². The van der Waals surface area contributed by atoms with Gasteiger partial charge in [-0.05, 0) is 31.0 Å². The average Bonchev–Trinajstić information content (AvgIpc) is 2.25. The van der Waals surface area contributed by atoms with Crippen molar-refractivity contribution in [2.45, 2.75) is 25.4 Å². The molecule has 96 valence electrons. The van der Waals surface area contributed by atoms with Gasteiger partial charge in [0.05, 0.1) is 6.61 Å². The van der Waals surface area contributed by atoms with Crippen molar-refractivity contribution in [3.63, 3.8) is 0 Å². The van der Waals surface area contributed by atoms with Crippen LogP contribution in [0.15, 0.2) is 24.3 Å². The largest absolute Gasteiger partial charge is 0.493 e. The van der Waals surface area contributed by atoms with E-state index >= 15 is 0 Å². The van der Waals surface area contributed by atoms with Gasteiger partial charge in [-0.2, -0.15) is 13.2 Å². The van der Waals surface area contributed by atoms with Crippen molar-refractivity contribution >= 4 is 0 Å². The third-order valence-corrected chi connectivity index (χ3v) is 2.25. The average molecular weight is 247 g/mol. The van der Waals surface area contributed by atoms with E-state index in [1.807, 2.05) is 12.1 Å². The lowest BCUT2D eigenvalue weighted by atomic mass is 10.1. The molecule has 0 aliphatic rings. The molecule has 0 amide bonds. The molecule has 0 unspecified atom stereocenters. The Morgan fingerprint density at radius 1 is 1.18 bits per heavy atom. The predicted molar refractivity (Wildman–Crippen MR) is 60.0 cm³/mol. The molecule has 0 fully saturated rings. The van der Waals surface area contributed by atoms with E-state index in [2.05, 4.69) is 0 Å². The Kier molecular flexibility index (Phi) is 5.28. The molecule has 2 N–H and O–H groups in total. The van der Waals surface area contributed by atoms with E-state index in [0.717, 1.165) is 5.56 Å². The summed E-state index contributed by atoms with van der Waals surface area (Å²) in [5.74, 6) is 0.625. The SMILES string of the molecule is NCCc1ccccc1OCCCC(F)(F)F. The highest BCUT2D eigenvalue weighted by molar-refractivity contribution is 5.33. The summed E-state index contributed by atoms with van der Waals surface area (Å²) in [4.78, 5) is 0. The van der Waals surface area contributed by atoms with Crippen LogP contribution < -0.4 is 10.5 Å². The maximum atomic E-state index is 11.9. The fraction of sp³-hybridized carbons (Fsp3) is 0.500. The van der Waals surface area contributed by atoms with Crippen molar-refractivity contribution in [2.24, 2.45) is 5.73 Å². The van der Waals surface area contributed by atoms with Crippen LogP contribution in [0, 0.1) is 0 Å². The van der Waals surface area contributed by atoms with Crippen LogP contribution in [0.25, 0.3) is 0 Å². The number of hydrogen-bond donors (Lipinski definition) is 1. The van der Waals surface area contributed by atoms with Crippen molar-refractivity contribution in [1.29, 1.82) is 0 Å². The number of nitrogens with two attached hydrogens (primary N) is 1. The number of halogens is 3. The van der Waals surface area contributed by atoms with E-state index in [9.17, 15) is 13.2 Å². The third-order valence-electron chi connectivity index (χ3n) is 2.25. The molecule has 0 aliphatic carbocycles. The highest BCUT2D eigenvalue weighted by Crippen LogP contribution is 2.22. The molecule has 5 heteroatoms. The van der Waals surface area contributed by atoms with Gasteiger partial charge >= 0.3 is 6.18 Å².